The van der Waals surface area contributed by atoms with E-state index in [1.165, 1.54) is 0 Å². The maximum absolute atomic E-state index is 9.06. The summed E-state index contributed by atoms with van der Waals surface area (Å²) in [6.07, 6.45) is 5.32. The molecule has 0 aliphatic heterocycles. The first-order chi connectivity index (χ1) is 8.79. The maximum atomic E-state index is 9.06. The fraction of sp³-hybridized carbons (Fsp3) is 0.0714. The van der Waals surface area contributed by atoms with E-state index in [4.69, 9.17) is 5.26 Å². The van der Waals surface area contributed by atoms with Gasteiger partial charge in [-0.2, -0.15) is 5.26 Å². The Morgan fingerprint density at radius 3 is 2.94 bits per heavy atom. The zero-order valence-corrected chi connectivity index (χ0v) is 9.81. The molecule has 0 spiro atoms. The quantitative estimate of drug-likeness (QED) is 0.704. The summed E-state index contributed by atoms with van der Waals surface area (Å²) in [4.78, 5) is 11.7. The lowest BCUT2D eigenvalue weighted by Crippen LogP contribution is -1.87. The van der Waals surface area contributed by atoms with Crippen LogP contribution < -0.4 is 0 Å². The summed E-state index contributed by atoms with van der Waals surface area (Å²) in [5.74, 6) is 0. The predicted octanol–water partition coefficient (Wildman–Crippen LogP) is 2.81. The van der Waals surface area contributed by atoms with E-state index in [1.807, 2.05) is 25.3 Å². The minimum atomic E-state index is 0.638. The van der Waals surface area contributed by atoms with Gasteiger partial charge in [-0.05, 0) is 13.0 Å². The molecule has 0 amide bonds. The van der Waals surface area contributed by atoms with Crippen LogP contribution in [0.3, 0.4) is 0 Å². The molecule has 0 fully saturated rings. The van der Waals surface area contributed by atoms with E-state index >= 15 is 0 Å². The van der Waals surface area contributed by atoms with Crippen molar-refractivity contribution in [1.29, 1.82) is 5.26 Å². The molecule has 0 saturated heterocycles. The summed E-state index contributed by atoms with van der Waals surface area (Å²) in [6.45, 7) is 1.91. The number of aryl methyl sites for hydroxylation is 1. The van der Waals surface area contributed by atoms with Crippen LogP contribution in [-0.4, -0.2) is 15.0 Å². The Morgan fingerprint density at radius 1 is 1.28 bits per heavy atom. The Labute approximate surface area is 104 Å². The first-order valence-electron chi connectivity index (χ1n) is 5.59. The fourth-order valence-electron chi connectivity index (χ4n) is 2.05. The average Bonchev–Trinajstić information content (AvgIpc) is 2.82. The van der Waals surface area contributed by atoms with Gasteiger partial charge >= 0.3 is 0 Å². The molecule has 2 aromatic heterocycles. The van der Waals surface area contributed by atoms with Crippen molar-refractivity contribution < 1.29 is 0 Å². The SMILES string of the molecule is Cc1cncc(-c2c[nH]c3c(C#N)cccc23)n1. The normalized spacial score (nSPS) is 10.4. The van der Waals surface area contributed by atoms with Crippen LogP contribution in [0.4, 0.5) is 0 Å². The van der Waals surface area contributed by atoms with Crippen LogP contribution in [0.15, 0.2) is 36.8 Å². The third-order valence-electron chi connectivity index (χ3n) is 2.87. The monoisotopic (exact) mass is 234 g/mol. The van der Waals surface area contributed by atoms with Crippen LogP contribution in [-0.2, 0) is 0 Å². The molecule has 0 unspecified atom stereocenters. The van der Waals surface area contributed by atoms with Gasteiger partial charge in [-0.1, -0.05) is 12.1 Å². The Hall–Kier alpha value is -2.67. The van der Waals surface area contributed by atoms with Gasteiger partial charge in [0.1, 0.15) is 6.07 Å². The Kier molecular flexibility index (Phi) is 2.31. The van der Waals surface area contributed by atoms with Crippen molar-refractivity contribution in [2.75, 3.05) is 0 Å². The average molecular weight is 234 g/mol. The van der Waals surface area contributed by atoms with Crippen molar-refractivity contribution in [2.45, 2.75) is 6.92 Å². The number of rotatable bonds is 1. The number of benzene rings is 1. The minimum absolute atomic E-state index is 0.638. The summed E-state index contributed by atoms with van der Waals surface area (Å²) in [7, 11) is 0. The smallest absolute Gasteiger partial charge is 0.101 e. The highest BCUT2D eigenvalue weighted by Crippen LogP contribution is 2.28. The molecule has 3 aromatic rings. The van der Waals surface area contributed by atoms with Gasteiger partial charge in [0.2, 0.25) is 0 Å². The number of H-pyrrole nitrogens is 1. The van der Waals surface area contributed by atoms with Crippen LogP contribution in [0.25, 0.3) is 22.2 Å². The first kappa shape index (κ1) is 10.5. The fourth-order valence-corrected chi connectivity index (χ4v) is 2.05. The lowest BCUT2D eigenvalue weighted by atomic mass is 10.1. The van der Waals surface area contributed by atoms with Crippen LogP contribution in [0.5, 0.6) is 0 Å². The zero-order valence-electron chi connectivity index (χ0n) is 9.81. The lowest BCUT2D eigenvalue weighted by molar-refractivity contribution is 1.12. The molecule has 0 bridgehead atoms. The second-order valence-corrected chi connectivity index (χ2v) is 4.09. The Bertz CT molecular complexity index is 765. The summed E-state index contributed by atoms with van der Waals surface area (Å²) >= 11 is 0. The van der Waals surface area contributed by atoms with E-state index in [-0.39, 0.29) is 0 Å². The molecule has 0 radical (unpaired) electrons. The van der Waals surface area contributed by atoms with E-state index < -0.39 is 0 Å². The van der Waals surface area contributed by atoms with Gasteiger partial charge in [-0.15, -0.1) is 0 Å². The molecule has 3 rings (SSSR count). The van der Waals surface area contributed by atoms with Gasteiger partial charge in [0.15, 0.2) is 0 Å². The number of nitrogens with one attached hydrogen (secondary N) is 1. The van der Waals surface area contributed by atoms with Crippen LogP contribution in [0, 0.1) is 18.3 Å². The van der Waals surface area contributed by atoms with E-state index in [9.17, 15) is 0 Å². The van der Waals surface area contributed by atoms with Crippen molar-refractivity contribution in [2.24, 2.45) is 0 Å². The third kappa shape index (κ3) is 1.54. The lowest BCUT2D eigenvalue weighted by Gasteiger charge is -1.99. The Morgan fingerprint density at radius 2 is 2.17 bits per heavy atom. The third-order valence-corrected chi connectivity index (χ3v) is 2.87. The molecule has 4 nitrogen and oxygen atoms in total. The molecule has 0 saturated carbocycles. The number of para-hydroxylation sites is 1. The molecule has 0 aliphatic rings. The molecule has 18 heavy (non-hydrogen) atoms. The number of hydrogen-bond donors (Lipinski definition) is 1. The van der Waals surface area contributed by atoms with Gasteiger partial charge in [0.05, 0.1) is 28.7 Å². The molecule has 0 aliphatic carbocycles. The number of nitriles is 1. The summed E-state index contributed by atoms with van der Waals surface area (Å²) < 4.78 is 0. The van der Waals surface area contributed by atoms with Crippen molar-refractivity contribution in [3.63, 3.8) is 0 Å². The summed E-state index contributed by atoms with van der Waals surface area (Å²) in [6, 6.07) is 7.83. The van der Waals surface area contributed by atoms with E-state index in [1.54, 1.807) is 18.5 Å². The number of aromatic nitrogens is 3. The van der Waals surface area contributed by atoms with E-state index in [0.29, 0.717) is 5.56 Å². The second-order valence-electron chi connectivity index (χ2n) is 4.09. The van der Waals surface area contributed by atoms with Crippen LogP contribution in [0.1, 0.15) is 11.3 Å². The van der Waals surface area contributed by atoms with E-state index in [0.717, 1.165) is 27.9 Å². The number of aromatic amines is 1. The maximum Gasteiger partial charge on any atom is 0.101 e. The highest BCUT2D eigenvalue weighted by Gasteiger charge is 2.10. The van der Waals surface area contributed by atoms with Crippen LogP contribution >= 0.6 is 0 Å². The largest absolute Gasteiger partial charge is 0.359 e. The van der Waals surface area contributed by atoms with Gasteiger partial charge in [-0.25, -0.2) is 4.98 Å². The van der Waals surface area contributed by atoms with Crippen molar-refractivity contribution in [1.82, 2.24) is 15.0 Å². The summed E-state index contributed by atoms with van der Waals surface area (Å²) in [5.41, 5.74) is 4.14. The van der Waals surface area contributed by atoms with Gasteiger partial charge in [0.25, 0.3) is 0 Å². The predicted molar refractivity (Wildman–Crippen MR) is 68.8 cm³/mol. The molecule has 0 atom stereocenters. The molecule has 86 valence electrons. The van der Waals surface area contributed by atoms with Crippen molar-refractivity contribution in [3.05, 3.63) is 48.0 Å². The molecule has 1 aromatic carbocycles. The van der Waals surface area contributed by atoms with Crippen molar-refractivity contribution in [3.8, 4) is 17.3 Å². The standard InChI is InChI=1S/C14H10N4/c1-9-6-16-8-13(18-9)12-7-17-14-10(5-15)3-2-4-11(12)14/h2-4,6-8,17H,1H3. The van der Waals surface area contributed by atoms with Crippen LogP contribution in [0.2, 0.25) is 0 Å². The number of hydrogen-bond acceptors (Lipinski definition) is 3. The topological polar surface area (TPSA) is 65.4 Å². The molecule has 2 heterocycles. The number of fused-ring (bicyclic) bond motifs is 1. The Balaban J connectivity index is 2.29. The zero-order chi connectivity index (χ0) is 12.5. The first-order valence-corrected chi connectivity index (χ1v) is 5.59. The van der Waals surface area contributed by atoms with E-state index in [2.05, 4.69) is 21.0 Å². The highest BCUT2D eigenvalue weighted by atomic mass is 14.8. The second kappa shape index (κ2) is 3.97. The molecule has 4 heteroatoms. The van der Waals surface area contributed by atoms with Gasteiger partial charge in [0, 0.05) is 23.3 Å². The van der Waals surface area contributed by atoms with Crippen molar-refractivity contribution >= 4 is 10.9 Å². The van der Waals surface area contributed by atoms with Gasteiger partial charge in [-0.3, -0.25) is 4.98 Å². The highest BCUT2D eigenvalue weighted by molar-refractivity contribution is 5.97. The van der Waals surface area contributed by atoms with Gasteiger partial charge < -0.3 is 4.98 Å². The molecule has 1 N–H and O–H groups in total. The summed E-state index contributed by atoms with van der Waals surface area (Å²) in [5, 5.41) is 10.1. The minimum Gasteiger partial charge on any atom is -0.359 e. The molecular weight excluding hydrogens is 224 g/mol. The number of nitrogens with zero attached hydrogens (tertiary/aromatic N) is 3. The molecular formula is C14H10N4.